The molecule has 1 aliphatic rings. The molecule has 0 aliphatic heterocycles. The lowest BCUT2D eigenvalue weighted by Gasteiger charge is -2.19. The Balaban J connectivity index is 2.04. The third-order valence-corrected chi connectivity index (χ3v) is 9.79. The Hall–Kier alpha value is -1.74. The number of allylic oxidation sites excluding steroid dienone is 1. The van der Waals surface area contributed by atoms with E-state index in [2.05, 4.69) is 13.8 Å². The highest BCUT2D eigenvalue weighted by atomic mass is 16.6. The molecule has 0 saturated heterocycles. The number of carbonyl (C=O) groups is 2. The molecule has 0 radical (unpaired) electrons. The molecule has 1 fully saturated rings. The van der Waals surface area contributed by atoms with Gasteiger partial charge >= 0.3 is 11.9 Å². The van der Waals surface area contributed by atoms with Crippen LogP contribution in [-0.4, -0.2) is 70.0 Å². The average molecular weight is 695 g/mol. The van der Waals surface area contributed by atoms with E-state index in [0.29, 0.717) is 19.3 Å². The lowest BCUT2D eigenvalue weighted by Crippen LogP contribution is -2.25. The number of hydrogen-bond acceptors (Lipinski definition) is 8. The first kappa shape index (κ1) is 45.3. The van der Waals surface area contributed by atoms with E-state index in [9.17, 15) is 30.0 Å². The summed E-state index contributed by atoms with van der Waals surface area (Å²) >= 11 is 0. The van der Waals surface area contributed by atoms with Gasteiger partial charge in [0.25, 0.3) is 0 Å². The molecule has 6 atom stereocenters. The van der Waals surface area contributed by atoms with Crippen molar-refractivity contribution in [3.63, 3.8) is 0 Å². The van der Waals surface area contributed by atoms with E-state index in [1.54, 1.807) is 18.2 Å². The lowest BCUT2D eigenvalue weighted by atomic mass is 9.89. The maximum atomic E-state index is 12.1. The van der Waals surface area contributed by atoms with Crippen molar-refractivity contribution < 1.29 is 39.5 Å². The van der Waals surface area contributed by atoms with Gasteiger partial charge in [-0.15, -0.1) is 0 Å². The summed E-state index contributed by atoms with van der Waals surface area (Å²) in [5.41, 5.74) is 0. The van der Waals surface area contributed by atoms with Crippen LogP contribution in [0.15, 0.2) is 24.3 Å². The molecule has 49 heavy (non-hydrogen) atoms. The second kappa shape index (κ2) is 31.0. The van der Waals surface area contributed by atoms with Gasteiger partial charge < -0.3 is 29.9 Å². The fourth-order valence-corrected chi connectivity index (χ4v) is 6.65. The van der Waals surface area contributed by atoms with Crippen LogP contribution in [0.1, 0.15) is 174 Å². The SMILES string of the molecule is CCCCCCCCCCCCCCCCCCCC(=O)OC[C@H](O)COC(=O)C/C=C\C[C@H]1[C@@H](/C=C/[C@H](O)CCCCC)[C@H](O)C[C@@H]1O. The number of aliphatic hydroxyl groups excluding tert-OH is 4. The van der Waals surface area contributed by atoms with Gasteiger partial charge in [0.1, 0.15) is 19.3 Å². The largest absolute Gasteiger partial charge is 0.463 e. The van der Waals surface area contributed by atoms with Crippen molar-refractivity contribution >= 4 is 11.9 Å². The first-order valence-corrected chi connectivity index (χ1v) is 20.1. The van der Waals surface area contributed by atoms with Gasteiger partial charge in [0, 0.05) is 18.8 Å². The topological polar surface area (TPSA) is 134 Å². The summed E-state index contributed by atoms with van der Waals surface area (Å²) in [4.78, 5) is 24.1. The number of unbranched alkanes of at least 4 members (excludes halogenated alkanes) is 18. The highest BCUT2D eigenvalue weighted by Gasteiger charge is 2.39. The number of rotatable bonds is 32. The van der Waals surface area contributed by atoms with Gasteiger partial charge in [-0.1, -0.05) is 160 Å². The molecule has 0 heterocycles. The van der Waals surface area contributed by atoms with Gasteiger partial charge in [-0.2, -0.15) is 0 Å². The van der Waals surface area contributed by atoms with Gasteiger partial charge in [0.2, 0.25) is 0 Å². The molecular weight excluding hydrogens is 620 g/mol. The van der Waals surface area contributed by atoms with Crippen molar-refractivity contribution in [1.82, 2.24) is 0 Å². The third kappa shape index (κ3) is 25.0. The number of carbonyl (C=O) groups excluding carboxylic acids is 2. The summed E-state index contributed by atoms with van der Waals surface area (Å²) in [5, 5.41) is 41.1. The number of hydrogen-bond donors (Lipinski definition) is 4. The molecule has 8 heteroatoms. The highest BCUT2D eigenvalue weighted by molar-refractivity contribution is 5.71. The average Bonchev–Trinajstić information content (AvgIpc) is 3.36. The zero-order valence-corrected chi connectivity index (χ0v) is 31.3. The summed E-state index contributed by atoms with van der Waals surface area (Å²) in [5.74, 6) is -1.32. The molecule has 0 bridgehead atoms. The van der Waals surface area contributed by atoms with Crippen LogP contribution >= 0.6 is 0 Å². The van der Waals surface area contributed by atoms with Crippen molar-refractivity contribution in [1.29, 1.82) is 0 Å². The highest BCUT2D eigenvalue weighted by Crippen LogP contribution is 2.36. The summed E-state index contributed by atoms with van der Waals surface area (Å²) < 4.78 is 10.3. The smallest absolute Gasteiger partial charge is 0.309 e. The van der Waals surface area contributed by atoms with Crippen LogP contribution in [0.5, 0.6) is 0 Å². The van der Waals surface area contributed by atoms with Gasteiger partial charge in [-0.25, -0.2) is 0 Å². The molecular formula is C41H74O8. The minimum absolute atomic E-state index is 0.00777. The second-order valence-electron chi connectivity index (χ2n) is 14.4. The predicted molar refractivity (Wildman–Crippen MR) is 198 cm³/mol. The lowest BCUT2D eigenvalue weighted by molar-refractivity contribution is -0.151. The van der Waals surface area contributed by atoms with E-state index >= 15 is 0 Å². The van der Waals surface area contributed by atoms with E-state index in [1.807, 2.05) is 6.08 Å². The van der Waals surface area contributed by atoms with Crippen molar-refractivity contribution in [2.45, 2.75) is 199 Å². The first-order chi connectivity index (χ1) is 23.8. The maximum Gasteiger partial charge on any atom is 0.309 e. The molecule has 1 saturated carbocycles. The monoisotopic (exact) mass is 695 g/mol. The Kier molecular flexibility index (Phi) is 28.7. The molecule has 286 valence electrons. The molecule has 0 aromatic rings. The molecule has 0 spiro atoms. The summed E-state index contributed by atoms with van der Waals surface area (Å²) in [7, 11) is 0. The van der Waals surface area contributed by atoms with Crippen molar-refractivity contribution in [3.05, 3.63) is 24.3 Å². The van der Waals surface area contributed by atoms with E-state index in [-0.39, 0.29) is 43.9 Å². The number of ether oxygens (including phenoxy) is 2. The van der Waals surface area contributed by atoms with Gasteiger partial charge in [-0.05, 0) is 25.2 Å². The Bertz CT molecular complexity index is 858. The van der Waals surface area contributed by atoms with E-state index in [1.165, 1.54) is 89.9 Å². The molecule has 1 aliphatic carbocycles. The standard InChI is InChI=1S/C41H74O8/c1-3-5-7-8-9-10-11-12-13-14-15-16-17-18-19-20-22-27-40(46)48-32-35(43)33-49-41(47)28-24-23-26-36-37(39(45)31-38(36)44)30-29-34(42)25-21-6-4-2/h23-24,29-30,34-39,42-45H,3-22,25-28,31-33H2,1-2H3/b24-23-,30-29+/t34-,35+,36+,37-,38+,39-/m1/s1. The molecule has 4 N–H and O–H groups in total. The molecule has 0 aromatic carbocycles. The van der Waals surface area contributed by atoms with Crippen molar-refractivity contribution in [3.8, 4) is 0 Å². The molecule has 1 rings (SSSR count). The van der Waals surface area contributed by atoms with E-state index in [0.717, 1.165) is 38.5 Å². The van der Waals surface area contributed by atoms with Gasteiger partial charge in [0.05, 0.1) is 24.7 Å². The van der Waals surface area contributed by atoms with Crippen LogP contribution in [0.4, 0.5) is 0 Å². The van der Waals surface area contributed by atoms with Crippen LogP contribution in [-0.2, 0) is 19.1 Å². The zero-order chi connectivity index (χ0) is 36.0. The van der Waals surface area contributed by atoms with Gasteiger partial charge in [-0.3, -0.25) is 9.59 Å². The van der Waals surface area contributed by atoms with E-state index in [4.69, 9.17) is 9.47 Å². The summed E-state index contributed by atoms with van der Waals surface area (Å²) in [6.07, 6.45) is 30.8. The summed E-state index contributed by atoms with van der Waals surface area (Å²) in [6.45, 7) is 3.93. The van der Waals surface area contributed by atoms with Crippen molar-refractivity contribution in [2.24, 2.45) is 11.8 Å². The molecule has 0 aromatic heterocycles. The Labute approximate surface area is 299 Å². The minimum Gasteiger partial charge on any atom is -0.463 e. The fourth-order valence-electron chi connectivity index (χ4n) is 6.65. The normalized spacial score (nSPS) is 20.7. The molecule has 8 nitrogen and oxygen atoms in total. The second-order valence-corrected chi connectivity index (χ2v) is 14.4. The van der Waals surface area contributed by atoms with E-state index < -0.39 is 30.4 Å². The van der Waals surface area contributed by atoms with Crippen LogP contribution in [0.3, 0.4) is 0 Å². The van der Waals surface area contributed by atoms with Crippen LogP contribution in [0, 0.1) is 11.8 Å². The zero-order valence-electron chi connectivity index (χ0n) is 31.3. The summed E-state index contributed by atoms with van der Waals surface area (Å²) in [6, 6.07) is 0. The quantitative estimate of drug-likeness (QED) is 0.0312. The first-order valence-electron chi connectivity index (χ1n) is 20.1. The molecule has 0 unspecified atom stereocenters. The third-order valence-electron chi connectivity index (χ3n) is 9.79. The van der Waals surface area contributed by atoms with Crippen molar-refractivity contribution in [2.75, 3.05) is 13.2 Å². The number of aliphatic hydroxyl groups is 4. The van der Waals surface area contributed by atoms with Gasteiger partial charge in [0.15, 0.2) is 0 Å². The maximum absolute atomic E-state index is 12.1. The predicted octanol–water partition coefficient (Wildman–Crippen LogP) is 8.67. The Morgan fingerprint density at radius 1 is 0.653 bits per heavy atom. The fraction of sp³-hybridized carbons (Fsp3) is 0.854. The minimum atomic E-state index is -1.08. The Morgan fingerprint density at radius 2 is 1.14 bits per heavy atom. The number of esters is 2. The Morgan fingerprint density at radius 3 is 1.69 bits per heavy atom. The van der Waals surface area contributed by atoms with Crippen LogP contribution < -0.4 is 0 Å². The van der Waals surface area contributed by atoms with Crippen LogP contribution in [0.25, 0.3) is 0 Å². The molecule has 0 amide bonds. The van der Waals surface area contributed by atoms with Crippen LogP contribution in [0.2, 0.25) is 0 Å².